The number of nitrogen functional groups attached to an aromatic ring is 1. The number of carbonyl (C=O) groups is 3. The van der Waals surface area contributed by atoms with Crippen LogP contribution in [0.1, 0.15) is 38.1 Å². The number of hydrogen-bond donors (Lipinski definition) is 3. The molecule has 2 rings (SSSR count). The number of Topliss-reactive ketones (excluding diaryl/α,β-unsaturated/α-hetero) is 1. The highest BCUT2D eigenvalue weighted by Crippen LogP contribution is 2.07. The molecule has 0 saturated heterocycles. The average Bonchev–Trinajstić information content (AvgIpc) is 2.89. The summed E-state index contributed by atoms with van der Waals surface area (Å²) >= 11 is 0. The number of nitrogens with two attached hydrogens (primary N) is 1. The van der Waals surface area contributed by atoms with Crippen LogP contribution in [-0.4, -0.2) is 22.6 Å². The van der Waals surface area contributed by atoms with E-state index in [2.05, 4.69) is 10.3 Å². The molecule has 4 N–H and O–H groups in total. The molecule has 0 aliphatic rings. The predicted molar refractivity (Wildman–Crippen MR) is 73.4 cm³/mol. The zero-order chi connectivity index (χ0) is 14.7. The number of anilines is 1. The molecule has 102 valence electrons. The summed E-state index contributed by atoms with van der Waals surface area (Å²) in [6, 6.07) is 7.58. The van der Waals surface area contributed by atoms with Gasteiger partial charge in [0, 0.05) is 23.0 Å². The van der Waals surface area contributed by atoms with E-state index in [1.807, 2.05) is 0 Å². The van der Waals surface area contributed by atoms with E-state index < -0.39 is 11.8 Å². The van der Waals surface area contributed by atoms with Crippen molar-refractivity contribution in [2.75, 3.05) is 5.73 Å². The molecule has 0 atom stereocenters. The van der Waals surface area contributed by atoms with E-state index in [1.54, 1.807) is 12.1 Å². The van der Waals surface area contributed by atoms with Gasteiger partial charge in [-0.05, 0) is 37.3 Å². The first kappa shape index (κ1) is 13.5. The van der Waals surface area contributed by atoms with Crippen LogP contribution in [0.25, 0.3) is 0 Å². The number of hydrogen-bond acceptors (Lipinski definition) is 4. The molecule has 0 spiro atoms. The Hall–Kier alpha value is -2.89. The Morgan fingerprint density at radius 3 is 2.25 bits per heavy atom. The summed E-state index contributed by atoms with van der Waals surface area (Å²) in [4.78, 5) is 37.4. The molecule has 0 radical (unpaired) electrons. The molecule has 0 bridgehead atoms. The average molecular weight is 271 g/mol. The first-order valence-corrected chi connectivity index (χ1v) is 5.88. The number of amides is 2. The first-order chi connectivity index (χ1) is 9.47. The lowest BCUT2D eigenvalue weighted by Gasteiger charge is -2.03. The van der Waals surface area contributed by atoms with Crippen molar-refractivity contribution < 1.29 is 14.4 Å². The Morgan fingerprint density at radius 1 is 1.05 bits per heavy atom. The Balaban J connectivity index is 2.08. The van der Waals surface area contributed by atoms with Crippen LogP contribution in [0.15, 0.2) is 36.5 Å². The van der Waals surface area contributed by atoms with Crippen molar-refractivity contribution in [3.8, 4) is 0 Å². The topological polar surface area (TPSA) is 105 Å². The van der Waals surface area contributed by atoms with Crippen molar-refractivity contribution in [2.45, 2.75) is 6.92 Å². The number of imide groups is 1. The van der Waals surface area contributed by atoms with Crippen LogP contribution in [0.5, 0.6) is 0 Å². The van der Waals surface area contributed by atoms with Gasteiger partial charge in [-0.2, -0.15) is 0 Å². The smallest absolute Gasteiger partial charge is 0.274 e. The molecule has 0 unspecified atom stereocenters. The molecule has 1 aromatic carbocycles. The van der Waals surface area contributed by atoms with Crippen molar-refractivity contribution in [1.82, 2.24) is 10.3 Å². The third-order valence-corrected chi connectivity index (χ3v) is 2.73. The van der Waals surface area contributed by atoms with Crippen LogP contribution < -0.4 is 11.1 Å². The lowest BCUT2D eigenvalue weighted by atomic mass is 10.2. The number of carbonyl (C=O) groups excluding carboxylic acids is 3. The minimum absolute atomic E-state index is 0.152. The van der Waals surface area contributed by atoms with Crippen LogP contribution in [0.3, 0.4) is 0 Å². The maximum Gasteiger partial charge on any atom is 0.274 e. The van der Waals surface area contributed by atoms with Gasteiger partial charge in [0.2, 0.25) is 0 Å². The highest BCUT2D eigenvalue weighted by Gasteiger charge is 2.14. The summed E-state index contributed by atoms with van der Waals surface area (Å²) in [5.74, 6) is -1.29. The molecule has 2 aromatic rings. The van der Waals surface area contributed by atoms with Crippen molar-refractivity contribution >= 4 is 23.3 Å². The Morgan fingerprint density at radius 2 is 1.70 bits per heavy atom. The largest absolute Gasteiger partial charge is 0.399 e. The van der Waals surface area contributed by atoms with E-state index in [0.717, 1.165) is 0 Å². The van der Waals surface area contributed by atoms with Gasteiger partial charge in [-0.15, -0.1) is 0 Å². The monoisotopic (exact) mass is 271 g/mol. The molecule has 1 aromatic heterocycles. The predicted octanol–water partition coefficient (Wildman–Crippen LogP) is 1.37. The summed E-state index contributed by atoms with van der Waals surface area (Å²) in [6.45, 7) is 1.39. The SMILES string of the molecule is CC(=O)c1c[nH]c(C(=O)NC(=O)c2ccc(N)cc2)c1. The quantitative estimate of drug-likeness (QED) is 0.445. The molecule has 2 amide bonds. The Bertz CT molecular complexity index is 671. The number of benzene rings is 1. The minimum Gasteiger partial charge on any atom is -0.399 e. The minimum atomic E-state index is -0.598. The van der Waals surface area contributed by atoms with Gasteiger partial charge in [0.15, 0.2) is 5.78 Å². The second-order valence-electron chi connectivity index (χ2n) is 4.26. The molecule has 1 heterocycles. The van der Waals surface area contributed by atoms with Gasteiger partial charge >= 0.3 is 0 Å². The molecule has 0 aliphatic heterocycles. The number of nitrogens with one attached hydrogen (secondary N) is 2. The molecule has 20 heavy (non-hydrogen) atoms. The molecule has 0 fully saturated rings. The molecular weight excluding hydrogens is 258 g/mol. The van der Waals surface area contributed by atoms with E-state index in [1.165, 1.54) is 31.3 Å². The van der Waals surface area contributed by atoms with E-state index in [4.69, 9.17) is 5.73 Å². The van der Waals surface area contributed by atoms with E-state index in [-0.39, 0.29) is 11.5 Å². The van der Waals surface area contributed by atoms with Gasteiger partial charge in [-0.3, -0.25) is 19.7 Å². The lowest BCUT2D eigenvalue weighted by Crippen LogP contribution is -2.30. The number of ketones is 1. The van der Waals surface area contributed by atoms with Gasteiger partial charge < -0.3 is 10.7 Å². The van der Waals surface area contributed by atoms with Crippen LogP contribution >= 0.6 is 0 Å². The zero-order valence-corrected chi connectivity index (χ0v) is 10.8. The summed E-state index contributed by atoms with van der Waals surface area (Å²) in [5, 5.41) is 2.22. The maximum atomic E-state index is 11.8. The highest BCUT2D eigenvalue weighted by atomic mass is 16.2. The molecule has 0 aliphatic carbocycles. The van der Waals surface area contributed by atoms with Gasteiger partial charge in [-0.25, -0.2) is 0 Å². The Labute approximate surface area is 115 Å². The number of aromatic amines is 1. The molecular formula is C14H13N3O3. The number of aromatic nitrogens is 1. The number of rotatable bonds is 3. The van der Waals surface area contributed by atoms with Crippen LogP contribution in [0.4, 0.5) is 5.69 Å². The van der Waals surface area contributed by atoms with Crippen molar-refractivity contribution in [3.63, 3.8) is 0 Å². The first-order valence-electron chi connectivity index (χ1n) is 5.88. The molecule has 0 saturated carbocycles. The normalized spacial score (nSPS) is 10.1. The van der Waals surface area contributed by atoms with E-state index in [0.29, 0.717) is 16.8 Å². The van der Waals surface area contributed by atoms with Crippen LogP contribution in [-0.2, 0) is 0 Å². The highest BCUT2D eigenvalue weighted by molar-refractivity contribution is 6.10. The second-order valence-corrected chi connectivity index (χ2v) is 4.26. The fourth-order valence-electron chi connectivity index (χ4n) is 1.61. The fraction of sp³-hybridized carbons (Fsp3) is 0.0714. The summed E-state index contributed by atoms with van der Waals surface area (Å²) in [5.41, 5.74) is 6.91. The molecule has 6 nitrogen and oxygen atoms in total. The van der Waals surface area contributed by atoms with Gasteiger partial charge in [0.05, 0.1) is 0 Å². The van der Waals surface area contributed by atoms with E-state index >= 15 is 0 Å². The van der Waals surface area contributed by atoms with E-state index in [9.17, 15) is 14.4 Å². The van der Waals surface area contributed by atoms with Crippen molar-refractivity contribution in [2.24, 2.45) is 0 Å². The third kappa shape index (κ3) is 2.92. The zero-order valence-electron chi connectivity index (χ0n) is 10.8. The lowest BCUT2D eigenvalue weighted by molar-refractivity contribution is 0.0846. The van der Waals surface area contributed by atoms with Crippen LogP contribution in [0.2, 0.25) is 0 Å². The summed E-state index contributed by atoms with van der Waals surface area (Å²) in [6.07, 6.45) is 1.42. The van der Waals surface area contributed by atoms with Gasteiger partial charge in [0.1, 0.15) is 5.69 Å². The maximum absolute atomic E-state index is 11.8. The Kier molecular flexibility index (Phi) is 3.65. The van der Waals surface area contributed by atoms with Gasteiger partial charge in [-0.1, -0.05) is 0 Å². The van der Waals surface area contributed by atoms with Crippen molar-refractivity contribution in [1.29, 1.82) is 0 Å². The van der Waals surface area contributed by atoms with Crippen molar-refractivity contribution in [3.05, 3.63) is 53.3 Å². The summed E-state index contributed by atoms with van der Waals surface area (Å²) < 4.78 is 0. The summed E-state index contributed by atoms with van der Waals surface area (Å²) in [7, 11) is 0. The standard InChI is InChI=1S/C14H13N3O3/c1-8(18)10-6-12(16-7-10)14(20)17-13(19)9-2-4-11(15)5-3-9/h2-7,16H,15H2,1H3,(H,17,19,20). The second kappa shape index (κ2) is 5.40. The third-order valence-electron chi connectivity index (χ3n) is 2.73. The van der Waals surface area contributed by atoms with Gasteiger partial charge in [0.25, 0.3) is 11.8 Å². The van der Waals surface area contributed by atoms with Crippen LogP contribution in [0, 0.1) is 0 Å². The molecule has 6 heteroatoms. The fourth-order valence-corrected chi connectivity index (χ4v) is 1.61. The number of H-pyrrole nitrogens is 1.